The van der Waals surface area contributed by atoms with E-state index in [1.165, 1.54) is 0 Å². The van der Waals surface area contributed by atoms with E-state index in [1.54, 1.807) is 13.4 Å². The molecule has 1 heterocycles. The molecule has 0 radical (unpaired) electrons. The molecule has 0 saturated heterocycles. The average molecular weight is 241 g/mol. The Morgan fingerprint density at radius 3 is 2.88 bits per heavy atom. The molecular formula is C13H23NO3. The maximum Gasteiger partial charge on any atom is 0.120 e. The molecule has 17 heavy (non-hydrogen) atoms. The van der Waals surface area contributed by atoms with Crippen molar-refractivity contribution in [3.8, 4) is 0 Å². The van der Waals surface area contributed by atoms with Gasteiger partial charge in [0.2, 0.25) is 0 Å². The lowest BCUT2D eigenvalue weighted by Gasteiger charge is -2.11. The molecule has 0 fully saturated rings. The van der Waals surface area contributed by atoms with Crippen LogP contribution in [-0.2, 0) is 9.47 Å². The van der Waals surface area contributed by atoms with E-state index in [4.69, 9.17) is 13.9 Å². The van der Waals surface area contributed by atoms with Crippen molar-refractivity contribution < 1.29 is 13.9 Å². The second kappa shape index (κ2) is 9.22. The summed E-state index contributed by atoms with van der Waals surface area (Å²) < 4.78 is 15.6. The molecule has 0 bridgehead atoms. The summed E-state index contributed by atoms with van der Waals surface area (Å²) >= 11 is 0. The van der Waals surface area contributed by atoms with Crippen molar-refractivity contribution in [2.75, 3.05) is 33.5 Å². The van der Waals surface area contributed by atoms with E-state index in [0.717, 1.165) is 31.8 Å². The number of furan rings is 1. The van der Waals surface area contributed by atoms with Crippen LogP contribution in [0.4, 0.5) is 0 Å². The fourth-order valence-corrected chi connectivity index (χ4v) is 1.53. The Balaban J connectivity index is 1.90. The molecule has 0 aliphatic rings. The van der Waals surface area contributed by atoms with Crippen LogP contribution in [0.3, 0.4) is 0 Å². The maximum atomic E-state index is 5.38. The summed E-state index contributed by atoms with van der Waals surface area (Å²) in [4.78, 5) is 0. The van der Waals surface area contributed by atoms with Crippen LogP contribution in [-0.4, -0.2) is 33.5 Å². The van der Waals surface area contributed by atoms with Gasteiger partial charge in [-0.15, -0.1) is 0 Å². The quantitative estimate of drug-likeness (QED) is 0.639. The van der Waals surface area contributed by atoms with E-state index >= 15 is 0 Å². The second-order valence-corrected chi connectivity index (χ2v) is 4.00. The topological polar surface area (TPSA) is 43.6 Å². The van der Waals surface area contributed by atoms with Gasteiger partial charge >= 0.3 is 0 Å². The Labute approximate surface area is 103 Å². The average Bonchev–Trinajstić information content (AvgIpc) is 2.86. The molecule has 0 spiro atoms. The van der Waals surface area contributed by atoms with Crippen LogP contribution in [0.1, 0.15) is 31.6 Å². The van der Waals surface area contributed by atoms with Gasteiger partial charge in [-0.25, -0.2) is 0 Å². The van der Waals surface area contributed by atoms with Gasteiger partial charge in [0.05, 0.1) is 25.5 Å². The summed E-state index contributed by atoms with van der Waals surface area (Å²) in [5.74, 6) is 0.987. The Morgan fingerprint density at radius 1 is 1.29 bits per heavy atom. The molecule has 1 N–H and O–H groups in total. The van der Waals surface area contributed by atoms with Crippen LogP contribution < -0.4 is 5.32 Å². The lowest BCUT2D eigenvalue weighted by molar-refractivity contribution is 0.0687. The van der Waals surface area contributed by atoms with Gasteiger partial charge in [-0.1, -0.05) is 0 Å². The summed E-state index contributed by atoms with van der Waals surface area (Å²) in [5, 5.41) is 3.41. The van der Waals surface area contributed by atoms with E-state index in [2.05, 4.69) is 12.2 Å². The highest BCUT2D eigenvalue weighted by Crippen LogP contribution is 2.11. The van der Waals surface area contributed by atoms with Gasteiger partial charge in [-0.2, -0.15) is 0 Å². The molecule has 4 heteroatoms. The lowest BCUT2D eigenvalue weighted by Crippen LogP contribution is -2.19. The van der Waals surface area contributed by atoms with Gasteiger partial charge in [0.25, 0.3) is 0 Å². The van der Waals surface area contributed by atoms with Gasteiger partial charge in [0.1, 0.15) is 5.76 Å². The number of hydrogen-bond donors (Lipinski definition) is 1. The Bertz CT molecular complexity index is 262. The molecular weight excluding hydrogens is 218 g/mol. The van der Waals surface area contributed by atoms with Gasteiger partial charge in [-0.3, -0.25) is 0 Å². The van der Waals surface area contributed by atoms with E-state index in [0.29, 0.717) is 13.2 Å². The van der Waals surface area contributed by atoms with Crippen molar-refractivity contribution in [2.45, 2.75) is 25.8 Å². The van der Waals surface area contributed by atoms with Crippen LogP contribution in [0.2, 0.25) is 0 Å². The first-order chi connectivity index (χ1) is 8.34. The van der Waals surface area contributed by atoms with Crippen molar-refractivity contribution in [1.82, 2.24) is 5.32 Å². The molecule has 4 nitrogen and oxygen atoms in total. The molecule has 0 aliphatic heterocycles. The zero-order valence-corrected chi connectivity index (χ0v) is 10.8. The summed E-state index contributed by atoms with van der Waals surface area (Å²) in [5.41, 5.74) is 0. The minimum absolute atomic E-state index is 0.277. The first-order valence-corrected chi connectivity index (χ1v) is 6.18. The van der Waals surface area contributed by atoms with Crippen molar-refractivity contribution in [3.63, 3.8) is 0 Å². The van der Waals surface area contributed by atoms with Crippen molar-refractivity contribution in [1.29, 1.82) is 0 Å². The van der Waals surface area contributed by atoms with Crippen LogP contribution in [0.5, 0.6) is 0 Å². The SMILES string of the molecule is COCCOCCCCNC(C)c1ccco1. The zero-order chi connectivity index (χ0) is 12.3. The lowest BCUT2D eigenvalue weighted by atomic mass is 10.2. The smallest absolute Gasteiger partial charge is 0.120 e. The molecule has 1 aromatic heterocycles. The van der Waals surface area contributed by atoms with Gasteiger partial charge in [0.15, 0.2) is 0 Å². The van der Waals surface area contributed by atoms with Crippen LogP contribution in [0.15, 0.2) is 22.8 Å². The highest BCUT2D eigenvalue weighted by atomic mass is 16.5. The molecule has 0 amide bonds. The first kappa shape index (κ1) is 14.2. The van der Waals surface area contributed by atoms with Crippen molar-refractivity contribution >= 4 is 0 Å². The Morgan fingerprint density at radius 2 is 2.18 bits per heavy atom. The second-order valence-electron chi connectivity index (χ2n) is 4.00. The number of hydrogen-bond acceptors (Lipinski definition) is 4. The van der Waals surface area contributed by atoms with E-state index in [1.807, 2.05) is 12.1 Å². The molecule has 1 unspecified atom stereocenters. The third kappa shape index (κ3) is 6.46. The minimum Gasteiger partial charge on any atom is -0.468 e. The maximum absolute atomic E-state index is 5.38. The highest BCUT2D eigenvalue weighted by molar-refractivity contribution is 5.02. The predicted molar refractivity (Wildman–Crippen MR) is 67.1 cm³/mol. The fraction of sp³-hybridized carbons (Fsp3) is 0.692. The molecule has 0 aromatic carbocycles. The number of ether oxygens (including phenoxy) is 2. The Kier molecular flexibility index (Phi) is 7.71. The normalized spacial score (nSPS) is 12.8. The summed E-state index contributed by atoms with van der Waals surface area (Å²) in [6.07, 6.45) is 3.89. The molecule has 1 atom stereocenters. The van der Waals surface area contributed by atoms with Crippen molar-refractivity contribution in [3.05, 3.63) is 24.2 Å². The monoisotopic (exact) mass is 241 g/mol. The number of methoxy groups -OCH3 is 1. The minimum atomic E-state index is 0.277. The molecule has 0 saturated carbocycles. The number of unbranched alkanes of at least 4 members (excludes halogenated alkanes) is 1. The summed E-state index contributed by atoms with van der Waals surface area (Å²) in [6.45, 7) is 5.25. The van der Waals surface area contributed by atoms with Crippen LogP contribution in [0.25, 0.3) is 0 Å². The fourth-order valence-electron chi connectivity index (χ4n) is 1.53. The van der Waals surface area contributed by atoms with E-state index < -0.39 is 0 Å². The Hall–Kier alpha value is -0.840. The standard InChI is InChI=1S/C13H23NO3/c1-12(13-6-5-9-17-13)14-7-3-4-8-16-11-10-15-2/h5-6,9,12,14H,3-4,7-8,10-11H2,1-2H3. The molecule has 98 valence electrons. The van der Waals surface area contributed by atoms with Crippen LogP contribution >= 0.6 is 0 Å². The third-order valence-electron chi connectivity index (χ3n) is 2.57. The third-order valence-corrected chi connectivity index (χ3v) is 2.57. The van der Waals surface area contributed by atoms with E-state index in [9.17, 15) is 0 Å². The number of nitrogens with one attached hydrogen (secondary N) is 1. The van der Waals surface area contributed by atoms with Crippen molar-refractivity contribution in [2.24, 2.45) is 0 Å². The predicted octanol–water partition coefficient (Wildman–Crippen LogP) is 2.37. The molecule has 1 rings (SSSR count). The van der Waals surface area contributed by atoms with Gasteiger partial charge in [0, 0.05) is 13.7 Å². The zero-order valence-electron chi connectivity index (χ0n) is 10.8. The summed E-state index contributed by atoms with van der Waals surface area (Å²) in [7, 11) is 1.68. The summed E-state index contributed by atoms with van der Waals surface area (Å²) in [6, 6.07) is 4.18. The van der Waals surface area contributed by atoms with Crippen LogP contribution in [0, 0.1) is 0 Å². The van der Waals surface area contributed by atoms with Gasteiger partial charge in [-0.05, 0) is 38.4 Å². The first-order valence-electron chi connectivity index (χ1n) is 6.18. The van der Waals surface area contributed by atoms with E-state index in [-0.39, 0.29) is 6.04 Å². The molecule has 0 aliphatic carbocycles. The molecule has 1 aromatic rings. The number of rotatable bonds is 10. The van der Waals surface area contributed by atoms with Gasteiger partial charge < -0.3 is 19.2 Å². The largest absolute Gasteiger partial charge is 0.468 e. The highest BCUT2D eigenvalue weighted by Gasteiger charge is 2.05.